The van der Waals surface area contributed by atoms with Crippen molar-refractivity contribution in [2.24, 2.45) is 5.41 Å². The van der Waals surface area contributed by atoms with E-state index in [4.69, 9.17) is 14.6 Å². The Morgan fingerprint density at radius 3 is 2.58 bits per heavy atom. The first-order valence-corrected chi connectivity index (χ1v) is 6.40. The summed E-state index contributed by atoms with van der Waals surface area (Å²) in [5.41, 5.74) is -0.991. The fraction of sp³-hybridized carbons (Fsp3) is 0.846. The molecule has 0 aliphatic carbocycles. The van der Waals surface area contributed by atoms with Gasteiger partial charge < -0.3 is 19.9 Å². The zero-order valence-electron chi connectivity index (χ0n) is 11.8. The number of carbonyl (C=O) groups excluding carboxylic acids is 1. The predicted molar refractivity (Wildman–Crippen MR) is 68.8 cm³/mol. The summed E-state index contributed by atoms with van der Waals surface area (Å²) >= 11 is 0. The summed E-state index contributed by atoms with van der Waals surface area (Å²) in [4.78, 5) is 22.5. The molecule has 0 aromatic heterocycles. The molecule has 1 aliphatic rings. The predicted octanol–water partition coefficient (Wildman–Crippen LogP) is 0.799. The van der Waals surface area contributed by atoms with Crippen molar-refractivity contribution in [2.45, 2.75) is 38.7 Å². The van der Waals surface area contributed by atoms with E-state index in [1.54, 1.807) is 21.0 Å². The molecule has 1 amide bonds. The molecule has 0 aromatic carbocycles. The fourth-order valence-electron chi connectivity index (χ4n) is 2.19. The summed E-state index contributed by atoms with van der Waals surface area (Å²) in [6.45, 7) is 5.04. The van der Waals surface area contributed by atoms with Crippen molar-refractivity contribution in [3.63, 3.8) is 0 Å². The van der Waals surface area contributed by atoms with E-state index in [9.17, 15) is 9.59 Å². The van der Waals surface area contributed by atoms with Crippen LogP contribution in [0.5, 0.6) is 0 Å². The van der Waals surface area contributed by atoms with E-state index in [0.717, 1.165) is 6.42 Å². The van der Waals surface area contributed by atoms with Crippen LogP contribution in [0.3, 0.4) is 0 Å². The van der Waals surface area contributed by atoms with E-state index in [1.165, 1.54) is 0 Å². The first-order chi connectivity index (χ1) is 8.79. The highest BCUT2D eigenvalue weighted by molar-refractivity contribution is 5.78. The van der Waals surface area contributed by atoms with E-state index >= 15 is 0 Å². The van der Waals surface area contributed by atoms with Crippen molar-refractivity contribution in [1.82, 2.24) is 5.32 Å². The summed E-state index contributed by atoms with van der Waals surface area (Å²) < 4.78 is 10.7. The second-order valence-corrected chi connectivity index (χ2v) is 5.88. The third-order valence-electron chi connectivity index (χ3n) is 3.38. The van der Waals surface area contributed by atoms with Crippen LogP contribution in [0.1, 0.15) is 33.1 Å². The average Bonchev–Trinajstić information content (AvgIpc) is 2.73. The van der Waals surface area contributed by atoms with Gasteiger partial charge in [0.2, 0.25) is 5.91 Å². The average molecular weight is 273 g/mol. The van der Waals surface area contributed by atoms with Gasteiger partial charge in [-0.25, -0.2) is 0 Å². The Morgan fingerprint density at radius 2 is 2.11 bits per heavy atom. The van der Waals surface area contributed by atoms with Gasteiger partial charge in [-0.2, -0.15) is 0 Å². The lowest BCUT2D eigenvalue weighted by molar-refractivity contribution is -0.139. The van der Waals surface area contributed by atoms with E-state index in [2.05, 4.69) is 5.32 Å². The Balaban J connectivity index is 2.41. The number of hydrogen-bond acceptors (Lipinski definition) is 4. The van der Waals surface area contributed by atoms with E-state index in [-0.39, 0.29) is 18.7 Å². The standard InChI is InChI=1S/C13H23NO5/c1-12(2,7-11(16)17)6-10(15)14-8-13(18-3)4-5-19-9-13/h4-9H2,1-3H3,(H,14,15)(H,16,17). The first kappa shape index (κ1) is 15.9. The number of nitrogens with one attached hydrogen (secondary N) is 1. The zero-order chi connectivity index (χ0) is 14.5. The molecule has 19 heavy (non-hydrogen) atoms. The monoisotopic (exact) mass is 273 g/mol. The molecule has 1 unspecified atom stereocenters. The van der Waals surface area contributed by atoms with Crippen LogP contribution in [-0.2, 0) is 19.1 Å². The lowest BCUT2D eigenvalue weighted by Gasteiger charge is -2.27. The van der Waals surface area contributed by atoms with Crippen LogP contribution < -0.4 is 5.32 Å². The number of methoxy groups -OCH3 is 1. The molecule has 1 heterocycles. The molecule has 0 spiro atoms. The topological polar surface area (TPSA) is 84.9 Å². The Bertz CT molecular complexity index is 334. The molecule has 0 saturated carbocycles. The number of carboxylic acid groups (broad SMARTS) is 1. The van der Waals surface area contributed by atoms with Crippen molar-refractivity contribution in [3.8, 4) is 0 Å². The molecule has 1 aliphatic heterocycles. The molecular formula is C13H23NO5. The largest absolute Gasteiger partial charge is 0.481 e. The normalized spacial score (nSPS) is 23.3. The molecule has 6 nitrogen and oxygen atoms in total. The summed E-state index contributed by atoms with van der Waals surface area (Å²) in [5.74, 6) is -1.05. The van der Waals surface area contributed by atoms with Crippen LogP contribution in [-0.4, -0.2) is 49.5 Å². The van der Waals surface area contributed by atoms with Gasteiger partial charge in [0, 0.05) is 33.1 Å². The third kappa shape index (κ3) is 5.16. The molecule has 1 fully saturated rings. The van der Waals surface area contributed by atoms with Crippen molar-refractivity contribution in [1.29, 1.82) is 0 Å². The molecule has 6 heteroatoms. The van der Waals surface area contributed by atoms with Crippen LogP contribution in [0, 0.1) is 5.41 Å². The van der Waals surface area contributed by atoms with Crippen molar-refractivity contribution < 1.29 is 24.2 Å². The van der Waals surface area contributed by atoms with Gasteiger partial charge in [-0.3, -0.25) is 9.59 Å². The molecule has 1 saturated heterocycles. The van der Waals surface area contributed by atoms with E-state index < -0.39 is 17.0 Å². The highest BCUT2D eigenvalue weighted by Crippen LogP contribution is 2.25. The lowest BCUT2D eigenvalue weighted by atomic mass is 9.85. The van der Waals surface area contributed by atoms with Gasteiger partial charge in [-0.05, 0) is 5.41 Å². The molecule has 2 N–H and O–H groups in total. The highest BCUT2D eigenvalue weighted by atomic mass is 16.5. The Morgan fingerprint density at radius 1 is 1.42 bits per heavy atom. The number of hydrogen-bond donors (Lipinski definition) is 2. The quantitative estimate of drug-likeness (QED) is 0.716. The summed E-state index contributed by atoms with van der Waals surface area (Å²) in [7, 11) is 1.61. The fourth-order valence-corrected chi connectivity index (χ4v) is 2.19. The molecule has 110 valence electrons. The number of amides is 1. The second kappa shape index (κ2) is 6.34. The Hall–Kier alpha value is -1.14. The number of ether oxygens (including phenoxy) is 2. The van der Waals surface area contributed by atoms with E-state index in [1.807, 2.05) is 0 Å². The van der Waals surface area contributed by atoms with Crippen LogP contribution in [0.25, 0.3) is 0 Å². The molecule has 0 radical (unpaired) electrons. The lowest BCUT2D eigenvalue weighted by Crippen LogP contribution is -2.45. The second-order valence-electron chi connectivity index (χ2n) is 5.88. The summed E-state index contributed by atoms with van der Waals surface area (Å²) in [6.07, 6.45) is 0.904. The number of carboxylic acids is 1. The summed E-state index contributed by atoms with van der Waals surface area (Å²) in [6, 6.07) is 0. The highest BCUT2D eigenvalue weighted by Gasteiger charge is 2.35. The first-order valence-electron chi connectivity index (χ1n) is 6.40. The minimum Gasteiger partial charge on any atom is -0.481 e. The maximum atomic E-state index is 11.9. The van der Waals surface area contributed by atoms with Crippen molar-refractivity contribution in [3.05, 3.63) is 0 Å². The van der Waals surface area contributed by atoms with Crippen LogP contribution in [0.4, 0.5) is 0 Å². The van der Waals surface area contributed by atoms with Crippen molar-refractivity contribution >= 4 is 11.9 Å². The van der Waals surface area contributed by atoms with Gasteiger partial charge in [0.1, 0.15) is 5.60 Å². The molecule has 1 atom stereocenters. The van der Waals surface area contributed by atoms with Gasteiger partial charge in [0.05, 0.1) is 13.0 Å². The van der Waals surface area contributed by atoms with Gasteiger partial charge in [-0.1, -0.05) is 13.8 Å². The molecule has 0 bridgehead atoms. The number of carbonyl (C=O) groups is 2. The third-order valence-corrected chi connectivity index (χ3v) is 3.38. The van der Waals surface area contributed by atoms with Crippen LogP contribution in [0.15, 0.2) is 0 Å². The van der Waals surface area contributed by atoms with E-state index in [0.29, 0.717) is 19.8 Å². The minimum absolute atomic E-state index is 0.0288. The molecule has 1 rings (SSSR count). The van der Waals surface area contributed by atoms with Gasteiger partial charge in [-0.15, -0.1) is 0 Å². The summed E-state index contributed by atoms with van der Waals surface area (Å²) in [5, 5.41) is 11.6. The zero-order valence-corrected chi connectivity index (χ0v) is 11.8. The van der Waals surface area contributed by atoms with Gasteiger partial charge >= 0.3 is 5.97 Å². The Kier molecular flexibility index (Phi) is 5.31. The number of rotatable bonds is 7. The van der Waals surface area contributed by atoms with Gasteiger partial charge in [0.25, 0.3) is 0 Å². The van der Waals surface area contributed by atoms with Crippen LogP contribution in [0.2, 0.25) is 0 Å². The van der Waals surface area contributed by atoms with Crippen molar-refractivity contribution in [2.75, 3.05) is 26.9 Å². The minimum atomic E-state index is -0.893. The molecular weight excluding hydrogens is 250 g/mol. The Labute approximate surface area is 113 Å². The van der Waals surface area contributed by atoms with Gasteiger partial charge in [0.15, 0.2) is 0 Å². The smallest absolute Gasteiger partial charge is 0.303 e. The maximum Gasteiger partial charge on any atom is 0.303 e. The maximum absolute atomic E-state index is 11.9. The SMILES string of the molecule is COC1(CNC(=O)CC(C)(C)CC(=O)O)CCOC1. The molecule has 0 aromatic rings. The van der Waals surface area contributed by atoms with Crippen LogP contribution >= 0.6 is 0 Å². The number of aliphatic carboxylic acids is 1.